The van der Waals surface area contributed by atoms with E-state index in [4.69, 9.17) is 0 Å². The van der Waals surface area contributed by atoms with Crippen molar-refractivity contribution in [3.63, 3.8) is 0 Å². The van der Waals surface area contributed by atoms with Crippen LogP contribution in [0.5, 0.6) is 0 Å². The molecule has 0 aliphatic rings. The number of sulfonamides is 1. The maximum atomic E-state index is 12.3. The number of carbonyl (C=O) groups excluding carboxylic acids is 1. The molecule has 0 fully saturated rings. The van der Waals surface area contributed by atoms with Crippen LogP contribution < -0.4 is 10.0 Å². The summed E-state index contributed by atoms with van der Waals surface area (Å²) < 4.78 is 27.7. The highest BCUT2D eigenvalue weighted by Gasteiger charge is 2.15. The third kappa shape index (κ3) is 5.19. The number of rotatable bonds is 7. The van der Waals surface area contributed by atoms with Crippen LogP contribution in [0.25, 0.3) is 10.8 Å². The van der Waals surface area contributed by atoms with Gasteiger partial charge in [0.15, 0.2) is 0 Å². The van der Waals surface area contributed by atoms with Crippen LogP contribution in [0, 0.1) is 0 Å². The van der Waals surface area contributed by atoms with E-state index in [2.05, 4.69) is 32.0 Å². The van der Waals surface area contributed by atoms with Crippen molar-refractivity contribution in [2.75, 3.05) is 6.54 Å². The van der Waals surface area contributed by atoms with Gasteiger partial charge in [0.05, 0.1) is 10.9 Å². The average molecular weight is 461 g/mol. The van der Waals surface area contributed by atoms with Crippen molar-refractivity contribution < 1.29 is 13.2 Å². The molecular weight excluding hydrogens is 440 g/mol. The van der Waals surface area contributed by atoms with E-state index in [0.29, 0.717) is 4.47 Å². The van der Waals surface area contributed by atoms with E-state index in [1.54, 1.807) is 12.1 Å². The number of benzene rings is 3. The van der Waals surface area contributed by atoms with Crippen LogP contribution >= 0.6 is 15.9 Å². The van der Waals surface area contributed by atoms with Gasteiger partial charge in [-0.15, -0.1) is 0 Å². The molecule has 2 N–H and O–H groups in total. The summed E-state index contributed by atoms with van der Waals surface area (Å²) >= 11 is 3.25. The van der Waals surface area contributed by atoms with Crippen LogP contribution in [-0.4, -0.2) is 20.9 Å². The van der Waals surface area contributed by atoms with Gasteiger partial charge in [0, 0.05) is 17.4 Å². The van der Waals surface area contributed by atoms with Crippen LogP contribution in [0.4, 0.5) is 0 Å². The normalized spacial score (nSPS) is 12.6. The highest BCUT2D eigenvalue weighted by atomic mass is 79.9. The molecule has 0 aliphatic heterocycles. The third-order valence-corrected chi connectivity index (χ3v) is 6.35. The zero-order valence-corrected chi connectivity index (χ0v) is 17.8. The highest BCUT2D eigenvalue weighted by Crippen LogP contribution is 2.20. The molecule has 0 spiro atoms. The van der Waals surface area contributed by atoms with E-state index in [-0.39, 0.29) is 29.8 Å². The molecule has 7 heteroatoms. The number of fused-ring (bicyclic) bond motifs is 1. The van der Waals surface area contributed by atoms with Gasteiger partial charge in [-0.05, 0) is 47.5 Å². The Hall–Kier alpha value is -2.22. The lowest BCUT2D eigenvalue weighted by molar-refractivity contribution is -0.121. The van der Waals surface area contributed by atoms with Crippen LogP contribution in [0.15, 0.2) is 76.1 Å². The minimum absolute atomic E-state index is 0.0329. The Morgan fingerprint density at radius 3 is 2.50 bits per heavy atom. The molecule has 1 atom stereocenters. The van der Waals surface area contributed by atoms with E-state index in [0.717, 1.165) is 16.3 Å². The van der Waals surface area contributed by atoms with E-state index in [1.165, 1.54) is 12.1 Å². The summed E-state index contributed by atoms with van der Waals surface area (Å²) in [6.45, 7) is 1.94. The molecule has 1 amide bonds. The van der Waals surface area contributed by atoms with E-state index in [1.807, 2.05) is 43.3 Å². The first-order chi connectivity index (χ1) is 13.3. The first-order valence-corrected chi connectivity index (χ1v) is 11.2. The highest BCUT2D eigenvalue weighted by molar-refractivity contribution is 9.10. The summed E-state index contributed by atoms with van der Waals surface area (Å²) in [5, 5.41) is 5.17. The Morgan fingerprint density at radius 1 is 1.00 bits per heavy atom. The summed E-state index contributed by atoms with van der Waals surface area (Å²) in [6, 6.07) is 20.4. The number of halogens is 1. The standard InChI is InChI=1S/C21H21BrN2O3S/c1-15(17-10-9-16-5-2-3-6-18(16)13-17)24-21(25)11-12-23-28(26,27)20-8-4-7-19(22)14-20/h2-10,13-15,23H,11-12H2,1H3,(H,24,25). The molecule has 0 bridgehead atoms. The monoisotopic (exact) mass is 460 g/mol. The maximum Gasteiger partial charge on any atom is 0.240 e. The second-order valence-corrected chi connectivity index (χ2v) is 9.18. The van der Waals surface area contributed by atoms with Crippen molar-refractivity contribution in [2.24, 2.45) is 0 Å². The van der Waals surface area contributed by atoms with Crippen molar-refractivity contribution in [2.45, 2.75) is 24.3 Å². The lowest BCUT2D eigenvalue weighted by atomic mass is 10.0. The fourth-order valence-electron chi connectivity index (χ4n) is 2.89. The topological polar surface area (TPSA) is 75.3 Å². The largest absolute Gasteiger partial charge is 0.350 e. The first kappa shape index (κ1) is 20.5. The molecule has 0 aliphatic carbocycles. The molecule has 0 saturated heterocycles. The third-order valence-electron chi connectivity index (χ3n) is 4.40. The molecule has 28 heavy (non-hydrogen) atoms. The van der Waals surface area contributed by atoms with Crippen LogP contribution in [-0.2, 0) is 14.8 Å². The average Bonchev–Trinajstić information content (AvgIpc) is 2.67. The fourth-order valence-corrected chi connectivity index (χ4v) is 4.52. The molecule has 3 rings (SSSR count). The molecule has 1 unspecified atom stereocenters. The molecular formula is C21H21BrN2O3S. The predicted octanol–water partition coefficient (Wildman–Crippen LogP) is 4.15. The van der Waals surface area contributed by atoms with Gasteiger partial charge < -0.3 is 5.32 Å². The number of hydrogen-bond donors (Lipinski definition) is 2. The van der Waals surface area contributed by atoms with Crippen LogP contribution in [0.2, 0.25) is 0 Å². The second-order valence-electron chi connectivity index (χ2n) is 6.50. The summed E-state index contributed by atoms with van der Waals surface area (Å²) in [7, 11) is -3.64. The number of nitrogens with one attached hydrogen (secondary N) is 2. The van der Waals surface area contributed by atoms with E-state index < -0.39 is 10.0 Å². The van der Waals surface area contributed by atoms with Gasteiger partial charge in [0.2, 0.25) is 15.9 Å². The van der Waals surface area contributed by atoms with Gasteiger partial charge >= 0.3 is 0 Å². The molecule has 5 nitrogen and oxygen atoms in total. The van der Waals surface area contributed by atoms with Crippen LogP contribution in [0.1, 0.15) is 24.9 Å². The van der Waals surface area contributed by atoms with Gasteiger partial charge in [0.1, 0.15) is 0 Å². The molecule has 3 aromatic rings. The fraction of sp³-hybridized carbons (Fsp3) is 0.190. The Bertz CT molecular complexity index is 1100. The number of amides is 1. The number of hydrogen-bond acceptors (Lipinski definition) is 3. The van der Waals surface area contributed by atoms with Gasteiger partial charge in [0.25, 0.3) is 0 Å². The minimum atomic E-state index is -3.64. The Morgan fingerprint density at radius 2 is 1.75 bits per heavy atom. The van der Waals surface area contributed by atoms with Crippen molar-refractivity contribution in [1.82, 2.24) is 10.0 Å². The van der Waals surface area contributed by atoms with Crippen LogP contribution in [0.3, 0.4) is 0 Å². The Labute approximate surface area is 173 Å². The van der Waals surface area contributed by atoms with Crippen molar-refractivity contribution in [3.05, 3.63) is 76.8 Å². The lowest BCUT2D eigenvalue weighted by Crippen LogP contribution is -2.32. The van der Waals surface area contributed by atoms with Gasteiger partial charge in [-0.3, -0.25) is 4.79 Å². The molecule has 146 valence electrons. The quantitative estimate of drug-likeness (QED) is 0.555. The van der Waals surface area contributed by atoms with Crippen molar-refractivity contribution >= 4 is 42.6 Å². The number of carbonyl (C=O) groups is 1. The van der Waals surface area contributed by atoms with Gasteiger partial charge in [-0.25, -0.2) is 13.1 Å². The van der Waals surface area contributed by atoms with Gasteiger partial charge in [-0.2, -0.15) is 0 Å². The molecule has 0 heterocycles. The van der Waals surface area contributed by atoms with Gasteiger partial charge in [-0.1, -0.05) is 58.4 Å². The Balaban J connectivity index is 1.54. The lowest BCUT2D eigenvalue weighted by Gasteiger charge is -2.15. The zero-order valence-electron chi connectivity index (χ0n) is 15.4. The van der Waals surface area contributed by atoms with E-state index in [9.17, 15) is 13.2 Å². The smallest absolute Gasteiger partial charge is 0.240 e. The molecule has 0 aromatic heterocycles. The molecule has 0 radical (unpaired) electrons. The molecule has 3 aromatic carbocycles. The van der Waals surface area contributed by atoms with E-state index >= 15 is 0 Å². The van der Waals surface area contributed by atoms with Crippen molar-refractivity contribution in [3.8, 4) is 0 Å². The summed E-state index contributed by atoms with van der Waals surface area (Å²) in [6.07, 6.45) is 0.0607. The molecule has 0 saturated carbocycles. The first-order valence-electron chi connectivity index (χ1n) is 8.88. The minimum Gasteiger partial charge on any atom is -0.350 e. The summed E-state index contributed by atoms with van der Waals surface area (Å²) in [4.78, 5) is 12.4. The zero-order chi connectivity index (χ0) is 20.1. The summed E-state index contributed by atoms with van der Waals surface area (Å²) in [5.41, 5.74) is 1.00. The predicted molar refractivity (Wildman–Crippen MR) is 114 cm³/mol. The van der Waals surface area contributed by atoms with Crippen molar-refractivity contribution in [1.29, 1.82) is 0 Å². The SMILES string of the molecule is CC(NC(=O)CCNS(=O)(=O)c1cccc(Br)c1)c1ccc2ccccc2c1. The maximum absolute atomic E-state index is 12.3. The Kier molecular flexibility index (Phi) is 6.49. The second kappa shape index (κ2) is 8.86. The summed E-state index contributed by atoms with van der Waals surface area (Å²) in [5.74, 6) is -0.211.